The van der Waals surface area contributed by atoms with Crippen LogP contribution in [-0.2, 0) is 16.0 Å². The third-order valence-electron chi connectivity index (χ3n) is 3.50. The lowest BCUT2D eigenvalue weighted by atomic mass is 10.1. The molecule has 138 valence electrons. The standard InChI is InChI=1S/C18H22N4O3S/c1-4-5-17(24)20-13-6-7-16(23)15(8-13)11(2)21-22-18(25)9-14-10-26-12(3)19-14/h6-8,10,23H,4-5,9H2,1-3H3,(H,20,24)(H,22,25)/b21-11+. The maximum Gasteiger partial charge on any atom is 0.246 e. The summed E-state index contributed by atoms with van der Waals surface area (Å²) in [6, 6.07) is 4.72. The van der Waals surface area contributed by atoms with Crippen LogP contribution in [0.15, 0.2) is 28.7 Å². The number of phenols is 1. The number of aryl methyl sites for hydroxylation is 1. The van der Waals surface area contributed by atoms with Crippen molar-refractivity contribution in [1.82, 2.24) is 10.4 Å². The van der Waals surface area contributed by atoms with Gasteiger partial charge in [-0.25, -0.2) is 10.4 Å². The Morgan fingerprint density at radius 2 is 2.08 bits per heavy atom. The smallest absolute Gasteiger partial charge is 0.246 e. The zero-order valence-corrected chi connectivity index (χ0v) is 15.8. The summed E-state index contributed by atoms with van der Waals surface area (Å²) in [4.78, 5) is 27.9. The van der Waals surface area contributed by atoms with Gasteiger partial charge < -0.3 is 10.4 Å². The number of hydrazone groups is 1. The Morgan fingerprint density at radius 1 is 1.31 bits per heavy atom. The summed E-state index contributed by atoms with van der Waals surface area (Å²) >= 11 is 1.48. The van der Waals surface area contributed by atoms with Crippen molar-refractivity contribution in [1.29, 1.82) is 0 Å². The van der Waals surface area contributed by atoms with E-state index in [9.17, 15) is 14.7 Å². The molecular weight excluding hydrogens is 352 g/mol. The number of nitrogens with one attached hydrogen (secondary N) is 2. The van der Waals surface area contributed by atoms with E-state index in [2.05, 4.69) is 20.8 Å². The molecule has 26 heavy (non-hydrogen) atoms. The van der Waals surface area contributed by atoms with Crippen molar-refractivity contribution in [3.63, 3.8) is 0 Å². The van der Waals surface area contributed by atoms with E-state index in [-0.39, 0.29) is 24.0 Å². The van der Waals surface area contributed by atoms with Crippen molar-refractivity contribution in [3.05, 3.63) is 39.8 Å². The van der Waals surface area contributed by atoms with Crippen LogP contribution in [0.5, 0.6) is 5.75 Å². The van der Waals surface area contributed by atoms with Gasteiger partial charge in [-0.05, 0) is 38.5 Å². The van der Waals surface area contributed by atoms with Gasteiger partial charge in [-0.2, -0.15) is 5.10 Å². The molecule has 0 atom stereocenters. The van der Waals surface area contributed by atoms with E-state index in [1.807, 2.05) is 19.2 Å². The lowest BCUT2D eigenvalue weighted by Crippen LogP contribution is -2.21. The number of aromatic nitrogens is 1. The minimum absolute atomic E-state index is 0.0177. The van der Waals surface area contributed by atoms with Gasteiger partial charge in [-0.1, -0.05) is 6.92 Å². The van der Waals surface area contributed by atoms with Crippen molar-refractivity contribution >= 4 is 34.6 Å². The molecule has 0 saturated carbocycles. The lowest BCUT2D eigenvalue weighted by molar-refractivity contribution is -0.120. The number of aromatic hydroxyl groups is 1. The van der Waals surface area contributed by atoms with Crippen LogP contribution < -0.4 is 10.7 Å². The molecule has 1 aromatic heterocycles. The van der Waals surface area contributed by atoms with Crippen molar-refractivity contribution < 1.29 is 14.7 Å². The number of nitrogens with zero attached hydrogens (tertiary/aromatic N) is 2. The van der Waals surface area contributed by atoms with Gasteiger partial charge in [0.1, 0.15) is 5.75 Å². The molecule has 1 aromatic carbocycles. The molecule has 0 saturated heterocycles. The Kier molecular flexibility index (Phi) is 6.85. The van der Waals surface area contributed by atoms with Crippen LogP contribution in [-0.4, -0.2) is 27.6 Å². The van der Waals surface area contributed by atoms with Crippen molar-refractivity contribution in [3.8, 4) is 5.75 Å². The van der Waals surface area contributed by atoms with Gasteiger partial charge in [-0.15, -0.1) is 11.3 Å². The number of phenolic OH excluding ortho intramolecular Hbond substituents is 1. The summed E-state index contributed by atoms with van der Waals surface area (Å²) in [5.74, 6) is -0.365. The zero-order chi connectivity index (χ0) is 19.1. The first-order valence-electron chi connectivity index (χ1n) is 8.26. The Hall–Kier alpha value is -2.74. The van der Waals surface area contributed by atoms with E-state index in [1.54, 1.807) is 19.1 Å². The number of hydrogen-bond donors (Lipinski definition) is 3. The molecule has 2 amide bonds. The fourth-order valence-corrected chi connectivity index (χ4v) is 2.87. The molecule has 0 radical (unpaired) electrons. The molecule has 8 heteroatoms. The molecule has 7 nitrogen and oxygen atoms in total. The third kappa shape index (κ3) is 5.66. The molecule has 0 fully saturated rings. The molecule has 0 aliphatic heterocycles. The average Bonchev–Trinajstić information content (AvgIpc) is 2.99. The number of carbonyl (C=O) groups is 2. The first kappa shape index (κ1) is 19.6. The summed E-state index contributed by atoms with van der Waals surface area (Å²) in [5.41, 5.74) is 4.58. The van der Waals surface area contributed by atoms with Crippen LogP contribution in [0.25, 0.3) is 0 Å². The fraction of sp³-hybridized carbons (Fsp3) is 0.333. The van der Waals surface area contributed by atoms with Crippen LogP contribution in [0, 0.1) is 6.92 Å². The summed E-state index contributed by atoms with van der Waals surface area (Å²) in [6.45, 7) is 5.47. The minimum Gasteiger partial charge on any atom is -0.507 e. The number of benzene rings is 1. The van der Waals surface area contributed by atoms with E-state index < -0.39 is 0 Å². The molecule has 1 heterocycles. The minimum atomic E-state index is -0.290. The Labute approximate surface area is 156 Å². The highest BCUT2D eigenvalue weighted by molar-refractivity contribution is 7.09. The van der Waals surface area contributed by atoms with Gasteiger partial charge >= 0.3 is 0 Å². The second-order valence-electron chi connectivity index (χ2n) is 5.80. The van der Waals surface area contributed by atoms with Gasteiger partial charge in [0, 0.05) is 23.1 Å². The monoisotopic (exact) mass is 374 g/mol. The van der Waals surface area contributed by atoms with Crippen LogP contribution in [0.4, 0.5) is 5.69 Å². The first-order valence-corrected chi connectivity index (χ1v) is 9.14. The fourth-order valence-electron chi connectivity index (χ4n) is 2.25. The van der Waals surface area contributed by atoms with Crippen LogP contribution in [0.2, 0.25) is 0 Å². The average molecular weight is 374 g/mol. The van der Waals surface area contributed by atoms with Gasteiger partial charge in [0.05, 0.1) is 22.8 Å². The van der Waals surface area contributed by atoms with E-state index in [0.717, 1.165) is 11.4 Å². The first-order chi connectivity index (χ1) is 12.4. The Balaban J connectivity index is 2.04. The number of amides is 2. The molecule has 0 unspecified atom stereocenters. The third-order valence-corrected chi connectivity index (χ3v) is 4.33. The van der Waals surface area contributed by atoms with Crippen molar-refractivity contribution in [2.24, 2.45) is 5.10 Å². The molecule has 0 bridgehead atoms. The van der Waals surface area contributed by atoms with Gasteiger partial charge in [0.25, 0.3) is 0 Å². The second-order valence-corrected chi connectivity index (χ2v) is 6.86. The number of thiazole rings is 1. The summed E-state index contributed by atoms with van der Waals surface area (Å²) < 4.78 is 0. The molecule has 0 spiro atoms. The lowest BCUT2D eigenvalue weighted by Gasteiger charge is -2.09. The molecular formula is C18H22N4O3S. The topological polar surface area (TPSA) is 104 Å². The maximum atomic E-state index is 12.0. The highest BCUT2D eigenvalue weighted by atomic mass is 32.1. The number of rotatable bonds is 7. The van der Waals surface area contributed by atoms with Crippen molar-refractivity contribution in [2.45, 2.75) is 40.0 Å². The maximum absolute atomic E-state index is 12.0. The Bertz CT molecular complexity index is 830. The molecule has 0 aliphatic rings. The zero-order valence-electron chi connectivity index (χ0n) is 15.0. The van der Waals surface area contributed by atoms with Gasteiger partial charge in [0.15, 0.2) is 0 Å². The summed E-state index contributed by atoms with van der Waals surface area (Å²) in [7, 11) is 0. The van der Waals surface area contributed by atoms with E-state index in [4.69, 9.17) is 0 Å². The van der Waals surface area contributed by atoms with E-state index >= 15 is 0 Å². The van der Waals surface area contributed by atoms with E-state index in [0.29, 0.717) is 29.1 Å². The predicted octanol–water partition coefficient (Wildman–Crippen LogP) is 2.98. The Morgan fingerprint density at radius 3 is 2.73 bits per heavy atom. The van der Waals surface area contributed by atoms with Gasteiger partial charge in [-0.3, -0.25) is 9.59 Å². The van der Waals surface area contributed by atoms with Crippen LogP contribution >= 0.6 is 11.3 Å². The molecule has 0 aliphatic carbocycles. The molecule has 3 N–H and O–H groups in total. The number of carbonyl (C=O) groups excluding carboxylic acids is 2. The SMILES string of the molecule is CCCC(=O)Nc1ccc(O)c(/C(C)=N/NC(=O)Cc2csc(C)n2)c1. The second kappa shape index (κ2) is 9.10. The quantitative estimate of drug-likeness (QED) is 0.394. The molecule has 2 rings (SSSR count). The molecule has 2 aromatic rings. The number of anilines is 1. The summed E-state index contributed by atoms with van der Waals surface area (Å²) in [6.07, 6.45) is 1.32. The summed E-state index contributed by atoms with van der Waals surface area (Å²) in [5, 5.41) is 19.6. The predicted molar refractivity (Wildman–Crippen MR) is 103 cm³/mol. The van der Waals surface area contributed by atoms with Crippen LogP contribution in [0.1, 0.15) is 43.0 Å². The van der Waals surface area contributed by atoms with Gasteiger partial charge in [0.2, 0.25) is 11.8 Å². The highest BCUT2D eigenvalue weighted by Crippen LogP contribution is 2.22. The van der Waals surface area contributed by atoms with Crippen LogP contribution in [0.3, 0.4) is 0 Å². The normalized spacial score (nSPS) is 11.3. The highest BCUT2D eigenvalue weighted by Gasteiger charge is 2.10. The number of hydrogen-bond acceptors (Lipinski definition) is 6. The van der Waals surface area contributed by atoms with E-state index in [1.165, 1.54) is 17.4 Å². The largest absolute Gasteiger partial charge is 0.507 e. The van der Waals surface area contributed by atoms with Crippen molar-refractivity contribution in [2.75, 3.05) is 5.32 Å².